The molecule has 1 aromatic heterocycles. The smallest absolute Gasteiger partial charge is 0.222 e. The molecule has 1 unspecified atom stereocenters. The molecule has 0 aliphatic heterocycles. The van der Waals surface area contributed by atoms with E-state index in [1.165, 1.54) is 0 Å². The molecule has 2 rings (SSSR count). The molecule has 2 aromatic rings. The van der Waals surface area contributed by atoms with Crippen LogP contribution in [0.1, 0.15) is 25.1 Å². The molecule has 0 saturated heterocycles. The van der Waals surface area contributed by atoms with Crippen LogP contribution in [0.25, 0.3) is 11.1 Å². The first-order chi connectivity index (χ1) is 8.63. The Morgan fingerprint density at radius 1 is 1.17 bits per heavy atom. The maximum absolute atomic E-state index is 10.0. The van der Waals surface area contributed by atoms with E-state index in [-0.39, 0.29) is 11.8 Å². The summed E-state index contributed by atoms with van der Waals surface area (Å²) in [5.74, 6) is 0.367. The van der Waals surface area contributed by atoms with E-state index in [1.807, 2.05) is 37.3 Å². The van der Waals surface area contributed by atoms with Crippen LogP contribution in [-0.4, -0.2) is 15.1 Å². The molecule has 0 bridgehead atoms. The van der Waals surface area contributed by atoms with E-state index in [9.17, 15) is 5.11 Å². The number of anilines is 2. The third kappa shape index (κ3) is 2.26. The Hall–Kier alpha value is -2.14. The fourth-order valence-electron chi connectivity index (χ4n) is 1.85. The number of hydrogen-bond donors (Lipinski definition) is 3. The first-order valence-corrected chi connectivity index (χ1v) is 5.79. The lowest BCUT2D eigenvalue weighted by Gasteiger charge is -2.15. The molecule has 0 aliphatic rings. The molecule has 0 radical (unpaired) electrons. The molecule has 5 heteroatoms. The molecule has 1 aromatic carbocycles. The largest absolute Gasteiger partial charge is 0.387 e. The molecule has 0 saturated carbocycles. The molecule has 0 amide bonds. The Morgan fingerprint density at radius 3 is 2.44 bits per heavy atom. The number of nitrogens with two attached hydrogens (primary N) is 2. The van der Waals surface area contributed by atoms with Crippen LogP contribution in [0.15, 0.2) is 30.3 Å². The lowest BCUT2D eigenvalue weighted by molar-refractivity contribution is 0.169. The maximum Gasteiger partial charge on any atom is 0.222 e. The van der Waals surface area contributed by atoms with Crippen molar-refractivity contribution in [2.45, 2.75) is 19.4 Å². The molecule has 0 spiro atoms. The van der Waals surface area contributed by atoms with Crippen molar-refractivity contribution in [2.24, 2.45) is 0 Å². The van der Waals surface area contributed by atoms with E-state index in [0.29, 0.717) is 17.7 Å². The Kier molecular flexibility index (Phi) is 3.43. The van der Waals surface area contributed by atoms with Crippen molar-refractivity contribution in [3.05, 3.63) is 36.0 Å². The highest BCUT2D eigenvalue weighted by Gasteiger charge is 2.18. The summed E-state index contributed by atoms with van der Waals surface area (Å²) in [7, 11) is 0. The maximum atomic E-state index is 10.0. The van der Waals surface area contributed by atoms with Gasteiger partial charge >= 0.3 is 0 Å². The van der Waals surface area contributed by atoms with Gasteiger partial charge in [0.2, 0.25) is 5.95 Å². The van der Waals surface area contributed by atoms with E-state index in [0.717, 1.165) is 5.56 Å². The molecule has 1 atom stereocenters. The van der Waals surface area contributed by atoms with E-state index < -0.39 is 6.10 Å². The second kappa shape index (κ2) is 5.01. The Labute approximate surface area is 105 Å². The topological polar surface area (TPSA) is 98.0 Å². The Morgan fingerprint density at radius 2 is 1.83 bits per heavy atom. The van der Waals surface area contributed by atoms with Crippen molar-refractivity contribution in [1.82, 2.24) is 9.97 Å². The van der Waals surface area contributed by atoms with Crippen LogP contribution >= 0.6 is 0 Å². The average Bonchev–Trinajstić information content (AvgIpc) is 2.38. The Bertz CT molecular complexity index is 542. The third-order valence-electron chi connectivity index (χ3n) is 2.75. The summed E-state index contributed by atoms with van der Waals surface area (Å²) in [5.41, 5.74) is 13.5. The minimum Gasteiger partial charge on any atom is -0.387 e. The van der Waals surface area contributed by atoms with E-state index in [2.05, 4.69) is 9.97 Å². The number of aliphatic hydroxyl groups excluding tert-OH is 1. The third-order valence-corrected chi connectivity index (χ3v) is 2.75. The molecule has 0 fully saturated rings. The monoisotopic (exact) mass is 244 g/mol. The number of nitrogen functional groups attached to an aromatic ring is 2. The SMILES string of the molecule is CCC(O)c1nc(N)nc(N)c1-c1ccccc1. The minimum absolute atomic E-state index is 0.0784. The van der Waals surface area contributed by atoms with Gasteiger partial charge in [0, 0.05) is 5.56 Å². The van der Waals surface area contributed by atoms with Gasteiger partial charge in [0.25, 0.3) is 0 Å². The predicted molar refractivity (Wildman–Crippen MR) is 71.5 cm³/mol. The molecule has 0 aliphatic carbocycles. The fraction of sp³-hybridized carbons (Fsp3) is 0.231. The highest BCUT2D eigenvalue weighted by atomic mass is 16.3. The fourth-order valence-corrected chi connectivity index (χ4v) is 1.85. The predicted octanol–water partition coefficient (Wildman–Crippen LogP) is 1.75. The van der Waals surface area contributed by atoms with Gasteiger partial charge in [0.1, 0.15) is 5.82 Å². The summed E-state index contributed by atoms with van der Waals surface area (Å²) in [6.45, 7) is 1.87. The van der Waals surface area contributed by atoms with Gasteiger partial charge in [-0.1, -0.05) is 37.3 Å². The highest BCUT2D eigenvalue weighted by Crippen LogP contribution is 2.32. The quantitative estimate of drug-likeness (QED) is 0.764. The molecule has 5 nitrogen and oxygen atoms in total. The second-order valence-corrected chi connectivity index (χ2v) is 4.02. The van der Waals surface area contributed by atoms with Crippen molar-refractivity contribution in [3.8, 4) is 11.1 Å². The van der Waals surface area contributed by atoms with E-state index >= 15 is 0 Å². The summed E-state index contributed by atoms with van der Waals surface area (Å²) in [6, 6.07) is 9.50. The summed E-state index contributed by atoms with van der Waals surface area (Å²) in [6.07, 6.45) is -0.164. The zero-order valence-electron chi connectivity index (χ0n) is 10.2. The number of rotatable bonds is 3. The second-order valence-electron chi connectivity index (χ2n) is 4.02. The van der Waals surface area contributed by atoms with Crippen LogP contribution in [-0.2, 0) is 0 Å². The van der Waals surface area contributed by atoms with Crippen molar-refractivity contribution in [3.63, 3.8) is 0 Å². The van der Waals surface area contributed by atoms with Crippen LogP contribution in [0.2, 0.25) is 0 Å². The van der Waals surface area contributed by atoms with Gasteiger partial charge in [0.05, 0.1) is 11.8 Å². The van der Waals surface area contributed by atoms with Gasteiger partial charge < -0.3 is 16.6 Å². The van der Waals surface area contributed by atoms with Crippen molar-refractivity contribution < 1.29 is 5.11 Å². The normalized spacial score (nSPS) is 12.3. The summed E-state index contributed by atoms with van der Waals surface area (Å²) in [4.78, 5) is 8.08. The van der Waals surface area contributed by atoms with Crippen LogP contribution < -0.4 is 11.5 Å². The van der Waals surface area contributed by atoms with Gasteiger partial charge in [0.15, 0.2) is 0 Å². The summed E-state index contributed by atoms with van der Waals surface area (Å²) < 4.78 is 0. The van der Waals surface area contributed by atoms with Gasteiger partial charge in [-0.3, -0.25) is 0 Å². The number of aliphatic hydroxyl groups is 1. The molecular weight excluding hydrogens is 228 g/mol. The van der Waals surface area contributed by atoms with Crippen molar-refractivity contribution in [2.75, 3.05) is 11.5 Å². The van der Waals surface area contributed by atoms with Gasteiger partial charge in [-0.15, -0.1) is 0 Å². The van der Waals surface area contributed by atoms with Gasteiger partial charge in [-0.05, 0) is 12.0 Å². The van der Waals surface area contributed by atoms with Crippen LogP contribution in [0.4, 0.5) is 11.8 Å². The molecule has 18 heavy (non-hydrogen) atoms. The van der Waals surface area contributed by atoms with Crippen molar-refractivity contribution >= 4 is 11.8 Å². The first kappa shape index (κ1) is 12.3. The lowest BCUT2D eigenvalue weighted by Crippen LogP contribution is -2.10. The van der Waals surface area contributed by atoms with E-state index in [4.69, 9.17) is 11.5 Å². The average molecular weight is 244 g/mol. The van der Waals surface area contributed by atoms with Gasteiger partial charge in [-0.2, -0.15) is 4.98 Å². The number of aromatic nitrogens is 2. The highest BCUT2D eigenvalue weighted by molar-refractivity contribution is 5.76. The number of nitrogens with zero attached hydrogens (tertiary/aromatic N) is 2. The minimum atomic E-state index is -0.701. The van der Waals surface area contributed by atoms with Crippen LogP contribution in [0, 0.1) is 0 Å². The number of benzene rings is 1. The molecule has 1 heterocycles. The lowest BCUT2D eigenvalue weighted by atomic mass is 10.0. The summed E-state index contributed by atoms with van der Waals surface area (Å²) >= 11 is 0. The molecule has 5 N–H and O–H groups in total. The standard InChI is InChI=1S/C13H16N4O/c1-2-9(18)11-10(8-6-4-3-5-7-8)12(14)17-13(15)16-11/h3-7,9,18H,2H2,1H3,(H4,14,15,16,17). The Balaban J connectivity index is 2.65. The van der Waals surface area contributed by atoms with Crippen LogP contribution in [0.5, 0.6) is 0 Å². The van der Waals surface area contributed by atoms with E-state index in [1.54, 1.807) is 0 Å². The molecule has 94 valence electrons. The van der Waals surface area contributed by atoms with Crippen LogP contribution in [0.3, 0.4) is 0 Å². The zero-order chi connectivity index (χ0) is 13.1. The van der Waals surface area contributed by atoms with Gasteiger partial charge in [-0.25, -0.2) is 4.98 Å². The van der Waals surface area contributed by atoms with Crippen molar-refractivity contribution in [1.29, 1.82) is 0 Å². The number of hydrogen-bond acceptors (Lipinski definition) is 5. The summed E-state index contributed by atoms with van der Waals surface area (Å²) in [5, 5.41) is 10.0. The zero-order valence-corrected chi connectivity index (χ0v) is 10.2. The molecular formula is C13H16N4O. The first-order valence-electron chi connectivity index (χ1n) is 5.79.